The number of nitrogens with zero attached hydrogens (tertiary/aromatic N) is 3. The lowest BCUT2D eigenvalue weighted by molar-refractivity contribution is 0.398. The Balaban J connectivity index is 1.96. The van der Waals surface area contributed by atoms with E-state index in [1.165, 1.54) is 0 Å². The summed E-state index contributed by atoms with van der Waals surface area (Å²) in [4.78, 5) is 8.50. The van der Waals surface area contributed by atoms with Crippen molar-refractivity contribution in [3.63, 3.8) is 0 Å². The van der Waals surface area contributed by atoms with E-state index in [0.29, 0.717) is 17.4 Å². The zero-order chi connectivity index (χ0) is 13.0. The molecule has 2 rings (SSSR count). The standard InChI is InChI=1S/C12H17N5O/c1-17-8-7-14-10(17)5-6-15-12-9(13)3-4-11(16-12)18-2/h3-4,7-8H,5-6,13H2,1-2H3,(H,15,16). The number of ether oxygens (including phenoxy) is 1. The highest BCUT2D eigenvalue weighted by molar-refractivity contribution is 5.61. The molecule has 3 N–H and O–H groups in total. The topological polar surface area (TPSA) is 78.0 Å². The van der Waals surface area contributed by atoms with Crippen molar-refractivity contribution in [3.05, 3.63) is 30.4 Å². The largest absolute Gasteiger partial charge is 0.481 e. The summed E-state index contributed by atoms with van der Waals surface area (Å²) in [6.07, 6.45) is 4.52. The number of anilines is 2. The van der Waals surface area contributed by atoms with E-state index in [4.69, 9.17) is 10.5 Å². The van der Waals surface area contributed by atoms with Gasteiger partial charge in [0.1, 0.15) is 5.82 Å². The molecular formula is C12H17N5O. The molecular weight excluding hydrogens is 230 g/mol. The normalized spacial score (nSPS) is 10.3. The second-order valence-electron chi connectivity index (χ2n) is 3.92. The molecule has 6 nitrogen and oxygen atoms in total. The Hall–Kier alpha value is -2.24. The lowest BCUT2D eigenvalue weighted by Crippen LogP contribution is -2.11. The lowest BCUT2D eigenvalue weighted by Gasteiger charge is -2.09. The van der Waals surface area contributed by atoms with Gasteiger partial charge in [0.05, 0.1) is 12.8 Å². The minimum absolute atomic E-state index is 0.545. The number of aromatic nitrogens is 3. The number of rotatable bonds is 5. The van der Waals surface area contributed by atoms with Crippen LogP contribution in [0.2, 0.25) is 0 Å². The lowest BCUT2D eigenvalue weighted by atomic mass is 10.3. The molecule has 0 atom stereocenters. The maximum Gasteiger partial charge on any atom is 0.215 e. The van der Waals surface area contributed by atoms with Crippen LogP contribution in [-0.4, -0.2) is 28.2 Å². The van der Waals surface area contributed by atoms with Gasteiger partial charge < -0.3 is 20.4 Å². The van der Waals surface area contributed by atoms with Gasteiger partial charge in [0, 0.05) is 38.5 Å². The third kappa shape index (κ3) is 2.71. The number of nitrogens with one attached hydrogen (secondary N) is 1. The number of aryl methyl sites for hydroxylation is 1. The van der Waals surface area contributed by atoms with E-state index < -0.39 is 0 Å². The van der Waals surface area contributed by atoms with Crippen LogP contribution in [-0.2, 0) is 13.5 Å². The van der Waals surface area contributed by atoms with Crippen LogP contribution in [0.1, 0.15) is 5.82 Å². The second kappa shape index (κ2) is 5.39. The summed E-state index contributed by atoms with van der Waals surface area (Å²) >= 11 is 0. The smallest absolute Gasteiger partial charge is 0.215 e. The molecule has 0 aliphatic heterocycles. The zero-order valence-electron chi connectivity index (χ0n) is 10.6. The molecule has 0 fully saturated rings. The number of pyridine rings is 1. The summed E-state index contributed by atoms with van der Waals surface area (Å²) in [6.45, 7) is 0.717. The van der Waals surface area contributed by atoms with E-state index in [1.807, 2.05) is 17.8 Å². The van der Waals surface area contributed by atoms with Crippen LogP contribution in [0.25, 0.3) is 0 Å². The summed E-state index contributed by atoms with van der Waals surface area (Å²) in [5, 5.41) is 3.18. The van der Waals surface area contributed by atoms with Gasteiger partial charge in [-0.05, 0) is 6.07 Å². The first kappa shape index (κ1) is 12.2. The summed E-state index contributed by atoms with van der Waals surface area (Å²) in [5.74, 6) is 2.20. The van der Waals surface area contributed by atoms with Gasteiger partial charge in [-0.15, -0.1) is 0 Å². The predicted molar refractivity (Wildman–Crippen MR) is 70.6 cm³/mol. The second-order valence-corrected chi connectivity index (χ2v) is 3.92. The Kier molecular flexibility index (Phi) is 3.66. The Morgan fingerprint density at radius 1 is 1.44 bits per heavy atom. The van der Waals surface area contributed by atoms with Crippen molar-refractivity contribution in [3.8, 4) is 5.88 Å². The van der Waals surface area contributed by atoms with Gasteiger partial charge in [0.15, 0.2) is 5.82 Å². The Morgan fingerprint density at radius 3 is 2.94 bits per heavy atom. The highest BCUT2D eigenvalue weighted by Gasteiger charge is 2.04. The molecule has 0 aliphatic carbocycles. The molecule has 0 saturated heterocycles. The summed E-state index contributed by atoms with van der Waals surface area (Å²) < 4.78 is 7.05. The fourth-order valence-corrected chi connectivity index (χ4v) is 1.64. The third-order valence-electron chi connectivity index (χ3n) is 2.67. The molecule has 6 heteroatoms. The number of hydrogen-bond donors (Lipinski definition) is 2. The zero-order valence-corrected chi connectivity index (χ0v) is 10.6. The van der Waals surface area contributed by atoms with Gasteiger partial charge in [-0.25, -0.2) is 4.98 Å². The predicted octanol–water partition coefficient (Wildman–Crippen LogP) is 1.06. The van der Waals surface area contributed by atoms with Crippen LogP contribution >= 0.6 is 0 Å². The molecule has 2 aromatic rings. The highest BCUT2D eigenvalue weighted by atomic mass is 16.5. The fraction of sp³-hybridized carbons (Fsp3) is 0.333. The van der Waals surface area contributed by atoms with Gasteiger partial charge in [-0.1, -0.05) is 0 Å². The molecule has 0 saturated carbocycles. The first-order chi connectivity index (χ1) is 8.70. The van der Waals surface area contributed by atoms with Crippen molar-refractivity contribution in [1.82, 2.24) is 14.5 Å². The van der Waals surface area contributed by atoms with Gasteiger partial charge in [-0.3, -0.25) is 0 Å². The maximum atomic E-state index is 5.83. The average molecular weight is 247 g/mol. The average Bonchev–Trinajstić information content (AvgIpc) is 2.77. The van der Waals surface area contributed by atoms with Crippen LogP contribution in [0.3, 0.4) is 0 Å². The minimum Gasteiger partial charge on any atom is -0.481 e. The molecule has 2 aromatic heterocycles. The first-order valence-corrected chi connectivity index (χ1v) is 5.71. The van der Waals surface area contributed by atoms with Crippen molar-refractivity contribution >= 4 is 11.5 Å². The summed E-state index contributed by atoms with van der Waals surface area (Å²) in [7, 11) is 3.55. The molecule has 2 heterocycles. The quantitative estimate of drug-likeness (QED) is 0.826. The SMILES string of the molecule is COc1ccc(N)c(NCCc2nccn2C)n1. The van der Waals surface area contributed by atoms with Crippen molar-refractivity contribution in [2.45, 2.75) is 6.42 Å². The number of nitrogens with two attached hydrogens (primary N) is 1. The van der Waals surface area contributed by atoms with E-state index in [1.54, 1.807) is 25.4 Å². The molecule has 0 radical (unpaired) electrons. The molecule has 0 unspecified atom stereocenters. The first-order valence-electron chi connectivity index (χ1n) is 5.71. The van der Waals surface area contributed by atoms with Crippen LogP contribution < -0.4 is 15.8 Å². The summed E-state index contributed by atoms with van der Waals surface area (Å²) in [6, 6.07) is 3.51. The van der Waals surface area contributed by atoms with Crippen molar-refractivity contribution < 1.29 is 4.74 Å². The monoisotopic (exact) mass is 247 g/mol. The summed E-state index contributed by atoms with van der Waals surface area (Å²) in [5.41, 5.74) is 6.44. The van der Waals surface area contributed by atoms with Gasteiger partial charge in [0.25, 0.3) is 0 Å². The van der Waals surface area contributed by atoms with Crippen molar-refractivity contribution in [2.75, 3.05) is 24.7 Å². The molecule has 0 bridgehead atoms. The van der Waals surface area contributed by atoms with Gasteiger partial charge >= 0.3 is 0 Å². The maximum absolute atomic E-state index is 5.83. The number of imidazole rings is 1. The van der Waals surface area contributed by atoms with Crippen LogP contribution in [0.5, 0.6) is 5.88 Å². The number of nitrogen functional groups attached to an aromatic ring is 1. The molecule has 18 heavy (non-hydrogen) atoms. The van der Waals surface area contributed by atoms with Crippen molar-refractivity contribution in [1.29, 1.82) is 0 Å². The molecule has 0 amide bonds. The van der Waals surface area contributed by atoms with Crippen LogP contribution in [0.4, 0.5) is 11.5 Å². The minimum atomic E-state index is 0.545. The van der Waals surface area contributed by atoms with E-state index >= 15 is 0 Å². The molecule has 0 aliphatic rings. The van der Waals surface area contributed by atoms with E-state index in [9.17, 15) is 0 Å². The third-order valence-corrected chi connectivity index (χ3v) is 2.67. The van der Waals surface area contributed by atoms with E-state index in [0.717, 1.165) is 18.8 Å². The Morgan fingerprint density at radius 2 is 2.28 bits per heavy atom. The molecule has 96 valence electrons. The highest BCUT2D eigenvalue weighted by Crippen LogP contribution is 2.19. The van der Waals surface area contributed by atoms with Crippen molar-refractivity contribution in [2.24, 2.45) is 7.05 Å². The molecule has 0 aromatic carbocycles. The van der Waals surface area contributed by atoms with Crippen LogP contribution in [0, 0.1) is 0 Å². The fourth-order valence-electron chi connectivity index (χ4n) is 1.64. The number of hydrogen-bond acceptors (Lipinski definition) is 5. The number of methoxy groups -OCH3 is 1. The molecule has 0 spiro atoms. The Bertz CT molecular complexity index is 523. The van der Waals surface area contributed by atoms with Gasteiger partial charge in [-0.2, -0.15) is 4.98 Å². The van der Waals surface area contributed by atoms with Gasteiger partial charge in [0.2, 0.25) is 5.88 Å². The van der Waals surface area contributed by atoms with E-state index in [-0.39, 0.29) is 0 Å². The Labute approximate surface area is 106 Å². The van der Waals surface area contributed by atoms with Crippen LogP contribution in [0.15, 0.2) is 24.5 Å². The van der Waals surface area contributed by atoms with E-state index in [2.05, 4.69) is 15.3 Å².